The fraction of sp³-hybridized carbons (Fsp3) is 0.0417. The number of pyridine rings is 1. The lowest BCUT2D eigenvalue weighted by atomic mass is 9.84. The summed E-state index contributed by atoms with van der Waals surface area (Å²) in [6.07, 6.45) is 5.53. The molecule has 1 heterocycles. The predicted molar refractivity (Wildman–Crippen MR) is 102 cm³/mol. The van der Waals surface area contributed by atoms with Crippen molar-refractivity contribution in [1.29, 1.82) is 0 Å². The Morgan fingerprint density at radius 1 is 0.680 bits per heavy atom. The van der Waals surface area contributed by atoms with Crippen LogP contribution in [0.3, 0.4) is 0 Å². The Kier molecular flexibility index (Phi) is 3.24. The highest BCUT2D eigenvalue weighted by molar-refractivity contribution is 5.89. The van der Waals surface area contributed by atoms with E-state index in [9.17, 15) is 0 Å². The van der Waals surface area contributed by atoms with Gasteiger partial charge in [0.2, 0.25) is 0 Å². The van der Waals surface area contributed by atoms with Crippen molar-refractivity contribution in [3.8, 4) is 0 Å². The maximum Gasteiger partial charge on any atom is 0.0743 e. The first-order valence-corrected chi connectivity index (χ1v) is 8.54. The molecule has 5 rings (SSSR count). The molecule has 1 aliphatic carbocycles. The molecule has 1 nitrogen and oxygen atoms in total. The molecule has 1 atom stereocenters. The van der Waals surface area contributed by atoms with Gasteiger partial charge in [0, 0.05) is 17.5 Å². The molecule has 1 heteroatoms. The van der Waals surface area contributed by atoms with E-state index in [4.69, 9.17) is 0 Å². The van der Waals surface area contributed by atoms with Crippen molar-refractivity contribution in [2.75, 3.05) is 0 Å². The summed E-state index contributed by atoms with van der Waals surface area (Å²) in [5.41, 5.74) is 7.24. The zero-order valence-electron chi connectivity index (χ0n) is 13.7. The van der Waals surface area contributed by atoms with Crippen molar-refractivity contribution in [2.45, 2.75) is 5.92 Å². The summed E-state index contributed by atoms with van der Waals surface area (Å²) in [6, 6.07) is 29.7. The third-order valence-corrected chi connectivity index (χ3v) is 4.89. The Morgan fingerprint density at radius 2 is 1.44 bits per heavy atom. The van der Waals surface area contributed by atoms with Crippen LogP contribution in [0.25, 0.3) is 16.5 Å². The van der Waals surface area contributed by atoms with Crippen LogP contribution in [-0.4, -0.2) is 4.98 Å². The molecular weight excluding hydrogens is 302 g/mol. The van der Waals surface area contributed by atoms with Gasteiger partial charge in [-0.2, -0.15) is 0 Å². The van der Waals surface area contributed by atoms with Crippen LogP contribution < -0.4 is 0 Å². The van der Waals surface area contributed by atoms with Crippen molar-refractivity contribution in [3.63, 3.8) is 0 Å². The van der Waals surface area contributed by atoms with Gasteiger partial charge in [0.15, 0.2) is 0 Å². The molecular formula is C24H16N. The van der Waals surface area contributed by atoms with E-state index in [0.717, 1.165) is 5.52 Å². The number of rotatable bonds is 2. The van der Waals surface area contributed by atoms with Gasteiger partial charge in [0.25, 0.3) is 0 Å². The second-order valence-corrected chi connectivity index (χ2v) is 6.35. The van der Waals surface area contributed by atoms with Gasteiger partial charge in [0.05, 0.1) is 5.52 Å². The lowest BCUT2D eigenvalue weighted by Crippen LogP contribution is -2.03. The molecule has 1 aliphatic rings. The zero-order chi connectivity index (χ0) is 16.6. The molecule has 1 unspecified atom stereocenters. The minimum atomic E-state index is 0.164. The minimum Gasteiger partial charge on any atom is -0.256 e. The van der Waals surface area contributed by atoms with E-state index >= 15 is 0 Å². The van der Waals surface area contributed by atoms with Crippen molar-refractivity contribution in [3.05, 3.63) is 119 Å². The number of para-hydroxylation sites is 1. The monoisotopic (exact) mass is 318 g/mol. The third-order valence-electron chi connectivity index (χ3n) is 4.89. The van der Waals surface area contributed by atoms with E-state index in [0.29, 0.717) is 0 Å². The van der Waals surface area contributed by atoms with Crippen LogP contribution in [0.2, 0.25) is 0 Å². The molecule has 0 saturated heterocycles. The minimum absolute atomic E-state index is 0.164. The SMILES string of the molecule is [C]1=C(c2ccccc2)C(c2cccc3cccnc23)c2ccccc21. The fourth-order valence-electron chi connectivity index (χ4n) is 3.78. The lowest BCUT2D eigenvalue weighted by molar-refractivity contribution is 1.07. The van der Waals surface area contributed by atoms with Crippen LogP contribution in [0.15, 0.2) is 91.1 Å². The maximum atomic E-state index is 4.69. The molecule has 25 heavy (non-hydrogen) atoms. The largest absolute Gasteiger partial charge is 0.256 e. The molecule has 3 aromatic carbocycles. The number of hydrogen-bond acceptors (Lipinski definition) is 1. The van der Waals surface area contributed by atoms with Crippen molar-refractivity contribution < 1.29 is 0 Å². The number of nitrogens with zero attached hydrogens (tertiary/aromatic N) is 1. The molecule has 0 saturated carbocycles. The summed E-state index contributed by atoms with van der Waals surface area (Å²) < 4.78 is 0. The first-order valence-electron chi connectivity index (χ1n) is 8.54. The van der Waals surface area contributed by atoms with Gasteiger partial charge in [0.1, 0.15) is 0 Å². The van der Waals surface area contributed by atoms with Gasteiger partial charge in [-0.25, -0.2) is 0 Å². The smallest absolute Gasteiger partial charge is 0.0743 e. The molecule has 4 aromatic rings. The van der Waals surface area contributed by atoms with Crippen molar-refractivity contribution in [2.24, 2.45) is 0 Å². The molecule has 1 aromatic heterocycles. The lowest BCUT2D eigenvalue weighted by Gasteiger charge is -2.19. The van der Waals surface area contributed by atoms with Gasteiger partial charge in [-0.05, 0) is 40.0 Å². The molecule has 1 radical (unpaired) electrons. The molecule has 0 bridgehead atoms. The van der Waals surface area contributed by atoms with Gasteiger partial charge in [-0.1, -0.05) is 78.9 Å². The number of allylic oxidation sites excluding steroid dienone is 1. The summed E-state index contributed by atoms with van der Waals surface area (Å²) in [5.74, 6) is 0.164. The Hall–Kier alpha value is -3.19. The van der Waals surface area contributed by atoms with E-state index in [1.807, 2.05) is 12.3 Å². The predicted octanol–water partition coefficient (Wildman–Crippen LogP) is 5.62. The molecule has 0 fully saturated rings. The summed E-state index contributed by atoms with van der Waals surface area (Å²) in [5, 5.41) is 1.18. The van der Waals surface area contributed by atoms with E-state index in [1.54, 1.807) is 0 Å². The summed E-state index contributed by atoms with van der Waals surface area (Å²) in [7, 11) is 0. The van der Waals surface area contributed by atoms with Crippen LogP contribution in [0.5, 0.6) is 0 Å². The van der Waals surface area contributed by atoms with Crippen LogP contribution >= 0.6 is 0 Å². The van der Waals surface area contributed by atoms with E-state index < -0.39 is 0 Å². The Balaban J connectivity index is 1.78. The number of fused-ring (bicyclic) bond motifs is 2. The molecule has 0 aliphatic heterocycles. The summed E-state index contributed by atoms with van der Waals surface area (Å²) in [4.78, 5) is 4.69. The fourth-order valence-corrected chi connectivity index (χ4v) is 3.78. The number of aromatic nitrogens is 1. The van der Waals surface area contributed by atoms with Gasteiger partial charge in [-0.3, -0.25) is 4.98 Å². The van der Waals surface area contributed by atoms with Gasteiger partial charge >= 0.3 is 0 Å². The Labute approximate surface area is 147 Å². The van der Waals surface area contributed by atoms with Gasteiger partial charge in [-0.15, -0.1) is 0 Å². The highest BCUT2D eigenvalue weighted by Crippen LogP contribution is 2.45. The second kappa shape index (κ2) is 5.71. The molecule has 0 spiro atoms. The molecule has 117 valence electrons. The highest BCUT2D eigenvalue weighted by Gasteiger charge is 2.29. The van der Waals surface area contributed by atoms with Crippen LogP contribution in [0, 0.1) is 6.08 Å². The van der Waals surface area contributed by atoms with Crippen LogP contribution in [0.1, 0.15) is 28.2 Å². The second-order valence-electron chi connectivity index (χ2n) is 6.35. The molecule has 0 N–H and O–H groups in total. The highest BCUT2D eigenvalue weighted by atomic mass is 14.7. The topological polar surface area (TPSA) is 12.9 Å². The van der Waals surface area contributed by atoms with Crippen molar-refractivity contribution >= 4 is 16.5 Å². The number of benzene rings is 3. The standard InChI is InChI=1S/C24H16N/c1-2-8-17(9-3-1)22-16-19-10-4-5-13-20(19)23(22)21-14-6-11-18-12-7-15-25-24(18)21/h1-15,23H. The number of hydrogen-bond donors (Lipinski definition) is 0. The quantitative estimate of drug-likeness (QED) is 0.468. The Morgan fingerprint density at radius 3 is 2.36 bits per heavy atom. The Bertz CT molecular complexity index is 1090. The van der Waals surface area contributed by atoms with Crippen LogP contribution in [0.4, 0.5) is 0 Å². The average molecular weight is 318 g/mol. The normalized spacial score (nSPS) is 15.8. The van der Waals surface area contributed by atoms with Gasteiger partial charge < -0.3 is 0 Å². The first-order chi connectivity index (χ1) is 12.4. The first kappa shape index (κ1) is 14.2. The van der Waals surface area contributed by atoms with E-state index in [-0.39, 0.29) is 5.92 Å². The maximum absolute atomic E-state index is 4.69. The van der Waals surface area contributed by atoms with E-state index in [1.165, 1.54) is 33.2 Å². The third kappa shape index (κ3) is 2.28. The molecule has 0 amide bonds. The van der Waals surface area contributed by atoms with Crippen molar-refractivity contribution in [1.82, 2.24) is 4.98 Å². The zero-order valence-corrected chi connectivity index (χ0v) is 13.7. The average Bonchev–Trinajstić information content (AvgIpc) is 3.08. The van der Waals surface area contributed by atoms with Crippen LogP contribution in [-0.2, 0) is 0 Å². The summed E-state index contributed by atoms with van der Waals surface area (Å²) in [6.45, 7) is 0. The van der Waals surface area contributed by atoms with E-state index in [2.05, 4.69) is 89.9 Å². The summed E-state index contributed by atoms with van der Waals surface area (Å²) >= 11 is 0.